The van der Waals surface area contributed by atoms with Crippen molar-refractivity contribution in [2.75, 3.05) is 12.0 Å². The molecular formula is C11H8BrFN6O2S. The van der Waals surface area contributed by atoms with Crippen molar-refractivity contribution in [2.45, 2.75) is 5.16 Å². The fourth-order valence-electron chi connectivity index (χ4n) is 1.74. The zero-order valence-corrected chi connectivity index (χ0v) is 13.4. The molecule has 22 heavy (non-hydrogen) atoms. The molecule has 2 N–H and O–H groups in total. The van der Waals surface area contributed by atoms with Crippen LogP contribution in [0.3, 0.4) is 0 Å². The summed E-state index contributed by atoms with van der Waals surface area (Å²) in [4.78, 5) is 11.4. The number of aromatic nitrogens is 5. The molecule has 0 atom stereocenters. The Morgan fingerprint density at radius 3 is 2.64 bits per heavy atom. The van der Waals surface area contributed by atoms with Crippen LogP contribution in [0, 0.1) is 5.82 Å². The van der Waals surface area contributed by atoms with Crippen LogP contribution in [0.5, 0.6) is 0 Å². The molecule has 3 rings (SSSR count). The summed E-state index contributed by atoms with van der Waals surface area (Å²) in [5.74, 6) is -0.802. The second-order valence-corrected chi connectivity index (χ2v) is 7.23. The molecule has 0 saturated carbocycles. The lowest BCUT2D eigenvalue weighted by atomic mass is 10.2. The van der Waals surface area contributed by atoms with E-state index in [1.165, 1.54) is 12.1 Å². The minimum absolute atomic E-state index is 0.0247. The van der Waals surface area contributed by atoms with Crippen molar-refractivity contribution >= 4 is 37.5 Å². The number of nitrogen functional groups attached to an aromatic ring is 1. The van der Waals surface area contributed by atoms with E-state index >= 15 is 0 Å². The molecule has 0 bridgehead atoms. The van der Waals surface area contributed by atoms with Gasteiger partial charge in [0.15, 0.2) is 5.82 Å². The van der Waals surface area contributed by atoms with Crippen molar-refractivity contribution in [3.8, 4) is 11.4 Å². The second-order valence-electron chi connectivity index (χ2n) is 4.41. The minimum Gasteiger partial charge on any atom is -0.368 e. The van der Waals surface area contributed by atoms with E-state index in [1.54, 1.807) is 6.07 Å². The summed E-state index contributed by atoms with van der Waals surface area (Å²) in [7, 11) is -3.65. The fraction of sp³-hybridized carbons (Fsp3) is 0.0909. The molecule has 3 aromatic rings. The highest BCUT2D eigenvalue weighted by atomic mass is 79.9. The van der Waals surface area contributed by atoms with Gasteiger partial charge in [-0.3, -0.25) is 0 Å². The number of benzene rings is 1. The van der Waals surface area contributed by atoms with E-state index in [-0.39, 0.29) is 23.1 Å². The van der Waals surface area contributed by atoms with Gasteiger partial charge in [-0.15, -0.1) is 5.10 Å². The smallest absolute Gasteiger partial charge is 0.258 e. The third-order valence-electron chi connectivity index (χ3n) is 2.72. The van der Waals surface area contributed by atoms with Crippen LogP contribution in [0.1, 0.15) is 0 Å². The average molecular weight is 387 g/mol. The van der Waals surface area contributed by atoms with Crippen LogP contribution in [0.25, 0.3) is 17.2 Å². The van der Waals surface area contributed by atoms with Crippen LogP contribution in [-0.2, 0) is 9.84 Å². The Morgan fingerprint density at radius 1 is 1.27 bits per heavy atom. The van der Waals surface area contributed by atoms with Gasteiger partial charge in [-0.2, -0.15) is 19.5 Å². The van der Waals surface area contributed by atoms with Gasteiger partial charge in [0.2, 0.25) is 15.8 Å². The highest BCUT2D eigenvalue weighted by Crippen LogP contribution is 2.23. The average Bonchev–Trinajstić information content (AvgIpc) is 2.81. The normalized spacial score (nSPS) is 12.0. The maximum atomic E-state index is 14.0. The van der Waals surface area contributed by atoms with Crippen molar-refractivity contribution in [1.82, 2.24) is 24.6 Å². The van der Waals surface area contributed by atoms with Crippen molar-refractivity contribution in [3.63, 3.8) is 0 Å². The van der Waals surface area contributed by atoms with Crippen LogP contribution in [0.2, 0.25) is 0 Å². The molecule has 0 aliphatic carbocycles. The first-order chi connectivity index (χ1) is 10.3. The summed E-state index contributed by atoms with van der Waals surface area (Å²) in [6.07, 6.45) is 0.948. The van der Waals surface area contributed by atoms with Gasteiger partial charge in [0.05, 0.1) is 5.56 Å². The molecule has 0 radical (unpaired) electrons. The van der Waals surface area contributed by atoms with Gasteiger partial charge in [0, 0.05) is 10.7 Å². The van der Waals surface area contributed by atoms with Crippen LogP contribution in [-0.4, -0.2) is 39.2 Å². The molecule has 0 aliphatic rings. The topological polar surface area (TPSA) is 116 Å². The van der Waals surface area contributed by atoms with E-state index in [1.807, 2.05) is 0 Å². The summed E-state index contributed by atoms with van der Waals surface area (Å²) < 4.78 is 38.6. The number of hydrogen-bond acceptors (Lipinski definition) is 7. The predicted octanol–water partition coefficient (Wildman–Crippen LogP) is 1.07. The Balaban J connectivity index is 2.24. The molecule has 2 heterocycles. The largest absolute Gasteiger partial charge is 0.368 e. The molecule has 114 valence electrons. The van der Waals surface area contributed by atoms with Gasteiger partial charge in [-0.1, -0.05) is 15.9 Å². The highest BCUT2D eigenvalue weighted by Gasteiger charge is 2.18. The van der Waals surface area contributed by atoms with Gasteiger partial charge in [-0.25, -0.2) is 12.8 Å². The lowest BCUT2D eigenvalue weighted by molar-refractivity contribution is 0.592. The Morgan fingerprint density at radius 2 is 2.00 bits per heavy atom. The SMILES string of the molecule is CS(=O)(=O)c1nc(N)n2nc(-c3ccc(Br)cc3F)nc2n1. The lowest BCUT2D eigenvalue weighted by Crippen LogP contribution is -2.11. The Bertz CT molecular complexity index is 1000. The summed E-state index contributed by atoms with van der Waals surface area (Å²) in [5, 5.41) is 3.54. The Hall–Kier alpha value is -2.14. The van der Waals surface area contributed by atoms with Crippen LogP contribution in [0.4, 0.5) is 10.3 Å². The Labute approximate surface area is 132 Å². The number of hydrogen-bond donors (Lipinski definition) is 1. The standard InChI is InChI=1S/C11H8BrFN6O2S/c1-22(20,21)11-16-9(14)19-10(17-11)15-8(18-19)6-3-2-5(12)4-7(6)13/h2-4H,1H3,(H2,14,15,16,17,18). The summed E-state index contributed by atoms with van der Waals surface area (Å²) in [6.45, 7) is 0. The first-order valence-corrected chi connectivity index (χ1v) is 8.50. The number of rotatable bonds is 2. The molecule has 0 amide bonds. The summed E-state index contributed by atoms with van der Waals surface area (Å²) in [5.41, 5.74) is 5.78. The monoisotopic (exact) mass is 386 g/mol. The second kappa shape index (κ2) is 4.95. The van der Waals surface area contributed by atoms with Gasteiger partial charge in [0.25, 0.3) is 10.9 Å². The van der Waals surface area contributed by atoms with E-state index in [0.29, 0.717) is 4.47 Å². The number of anilines is 1. The van der Waals surface area contributed by atoms with E-state index < -0.39 is 20.8 Å². The van der Waals surface area contributed by atoms with Crippen LogP contribution in [0.15, 0.2) is 27.8 Å². The maximum Gasteiger partial charge on any atom is 0.258 e. The van der Waals surface area contributed by atoms with E-state index in [2.05, 4.69) is 36.0 Å². The minimum atomic E-state index is -3.65. The zero-order valence-electron chi connectivity index (χ0n) is 11.0. The number of nitrogens with zero attached hydrogens (tertiary/aromatic N) is 5. The van der Waals surface area contributed by atoms with E-state index in [9.17, 15) is 12.8 Å². The molecular weight excluding hydrogens is 379 g/mol. The van der Waals surface area contributed by atoms with Crippen LogP contribution < -0.4 is 5.73 Å². The molecule has 11 heteroatoms. The van der Waals surface area contributed by atoms with Crippen LogP contribution >= 0.6 is 15.9 Å². The maximum absolute atomic E-state index is 14.0. The molecule has 8 nitrogen and oxygen atoms in total. The Kier molecular flexibility index (Phi) is 3.33. The van der Waals surface area contributed by atoms with Crippen molar-refractivity contribution in [2.24, 2.45) is 0 Å². The quantitative estimate of drug-likeness (QED) is 0.699. The molecule has 0 aliphatic heterocycles. The third-order valence-corrected chi connectivity index (χ3v) is 4.06. The fourth-order valence-corrected chi connectivity index (χ4v) is 2.58. The summed E-state index contributed by atoms with van der Waals surface area (Å²) in [6, 6.07) is 4.37. The third kappa shape index (κ3) is 2.52. The van der Waals surface area contributed by atoms with Gasteiger partial charge >= 0.3 is 0 Å². The van der Waals surface area contributed by atoms with Crippen molar-refractivity contribution in [1.29, 1.82) is 0 Å². The first kappa shape index (κ1) is 14.8. The van der Waals surface area contributed by atoms with E-state index in [4.69, 9.17) is 5.73 Å². The summed E-state index contributed by atoms with van der Waals surface area (Å²) >= 11 is 3.15. The molecule has 0 saturated heterocycles. The van der Waals surface area contributed by atoms with Crippen molar-refractivity contribution < 1.29 is 12.8 Å². The number of sulfone groups is 1. The highest BCUT2D eigenvalue weighted by molar-refractivity contribution is 9.10. The lowest BCUT2D eigenvalue weighted by Gasteiger charge is -1.99. The van der Waals surface area contributed by atoms with Gasteiger partial charge in [-0.05, 0) is 18.2 Å². The molecule has 0 spiro atoms. The van der Waals surface area contributed by atoms with Crippen molar-refractivity contribution in [3.05, 3.63) is 28.5 Å². The molecule has 0 unspecified atom stereocenters. The zero-order chi connectivity index (χ0) is 16.1. The molecule has 0 fully saturated rings. The van der Waals surface area contributed by atoms with Gasteiger partial charge < -0.3 is 5.73 Å². The number of nitrogens with two attached hydrogens (primary N) is 1. The first-order valence-electron chi connectivity index (χ1n) is 5.81. The number of halogens is 2. The molecule has 1 aromatic carbocycles. The van der Waals surface area contributed by atoms with E-state index in [0.717, 1.165) is 10.8 Å². The van der Waals surface area contributed by atoms with Gasteiger partial charge in [0.1, 0.15) is 5.82 Å². The number of fused-ring (bicyclic) bond motifs is 1. The predicted molar refractivity (Wildman–Crippen MR) is 79.2 cm³/mol. The molecule has 2 aromatic heterocycles.